The van der Waals surface area contributed by atoms with E-state index < -0.39 is 0 Å². The van der Waals surface area contributed by atoms with Crippen molar-refractivity contribution in [2.24, 2.45) is 10.9 Å². The van der Waals surface area contributed by atoms with Crippen LogP contribution >= 0.6 is 24.0 Å². The van der Waals surface area contributed by atoms with Gasteiger partial charge in [0.15, 0.2) is 5.96 Å². The highest BCUT2D eigenvalue weighted by Gasteiger charge is 1.99. The Balaban J connectivity index is 0.00000441. The van der Waals surface area contributed by atoms with Crippen molar-refractivity contribution in [2.45, 2.75) is 40.2 Å². The molecule has 0 saturated heterocycles. The molecule has 0 bridgehead atoms. The first-order valence-corrected chi connectivity index (χ1v) is 7.67. The third-order valence-corrected chi connectivity index (χ3v) is 3.07. The molecule has 0 aromatic heterocycles. The fourth-order valence-corrected chi connectivity index (χ4v) is 1.97. The molecular formula is C17H27IN4. The van der Waals surface area contributed by atoms with Crippen LogP contribution < -0.4 is 10.6 Å². The summed E-state index contributed by atoms with van der Waals surface area (Å²) in [5.41, 5.74) is 1.73. The zero-order valence-electron chi connectivity index (χ0n) is 13.7. The minimum Gasteiger partial charge on any atom is -0.357 e. The second-order valence-corrected chi connectivity index (χ2v) is 5.47. The molecule has 4 nitrogen and oxygen atoms in total. The minimum atomic E-state index is 0. The molecule has 1 aromatic carbocycles. The number of benzene rings is 1. The summed E-state index contributed by atoms with van der Waals surface area (Å²) in [6, 6.07) is 9.73. The third-order valence-electron chi connectivity index (χ3n) is 3.07. The fraction of sp³-hybridized carbons (Fsp3) is 0.529. The number of rotatable bonds is 7. The van der Waals surface area contributed by atoms with Crippen LogP contribution in [0.25, 0.3) is 0 Å². The molecule has 0 unspecified atom stereocenters. The first-order valence-electron chi connectivity index (χ1n) is 7.67. The molecule has 1 aromatic rings. The zero-order chi connectivity index (χ0) is 15.5. The molecule has 0 heterocycles. The normalized spacial score (nSPS) is 10.8. The van der Waals surface area contributed by atoms with Gasteiger partial charge in [-0.1, -0.05) is 26.0 Å². The molecule has 2 N–H and O–H groups in total. The van der Waals surface area contributed by atoms with Crippen LogP contribution in [-0.2, 0) is 6.54 Å². The van der Waals surface area contributed by atoms with Crippen LogP contribution in [-0.4, -0.2) is 19.0 Å². The Morgan fingerprint density at radius 2 is 2.09 bits per heavy atom. The molecule has 0 aliphatic heterocycles. The van der Waals surface area contributed by atoms with Gasteiger partial charge in [0, 0.05) is 13.1 Å². The molecule has 0 saturated carbocycles. The average Bonchev–Trinajstić information content (AvgIpc) is 2.49. The first kappa shape index (κ1) is 20.7. The highest BCUT2D eigenvalue weighted by atomic mass is 127. The molecule has 0 aliphatic carbocycles. The lowest BCUT2D eigenvalue weighted by Crippen LogP contribution is -2.37. The van der Waals surface area contributed by atoms with E-state index >= 15 is 0 Å². The van der Waals surface area contributed by atoms with Gasteiger partial charge in [-0.2, -0.15) is 5.26 Å². The van der Waals surface area contributed by atoms with Crippen LogP contribution in [0.15, 0.2) is 29.3 Å². The summed E-state index contributed by atoms with van der Waals surface area (Å²) in [6.45, 7) is 8.89. The van der Waals surface area contributed by atoms with Gasteiger partial charge in [-0.15, -0.1) is 24.0 Å². The lowest BCUT2D eigenvalue weighted by Gasteiger charge is -2.12. The second kappa shape index (κ2) is 12.3. The van der Waals surface area contributed by atoms with Crippen molar-refractivity contribution < 1.29 is 0 Å². The maximum atomic E-state index is 8.90. The van der Waals surface area contributed by atoms with E-state index in [-0.39, 0.29) is 24.0 Å². The quantitative estimate of drug-likeness (QED) is 0.310. The first-order chi connectivity index (χ1) is 10.2. The van der Waals surface area contributed by atoms with Crippen LogP contribution in [0.2, 0.25) is 0 Å². The summed E-state index contributed by atoms with van der Waals surface area (Å²) in [6.07, 6.45) is 2.36. The number of hydrogen-bond donors (Lipinski definition) is 2. The number of nitriles is 1. The number of hydrogen-bond acceptors (Lipinski definition) is 2. The SMILES string of the molecule is CCNC(=NCc1cccc(C#N)c1)NCCCC(C)C.I. The molecular weight excluding hydrogens is 387 g/mol. The van der Waals surface area contributed by atoms with Gasteiger partial charge in [0.2, 0.25) is 0 Å². The topological polar surface area (TPSA) is 60.2 Å². The smallest absolute Gasteiger partial charge is 0.191 e. The van der Waals surface area contributed by atoms with Gasteiger partial charge < -0.3 is 10.6 Å². The van der Waals surface area contributed by atoms with Crippen molar-refractivity contribution in [3.05, 3.63) is 35.4 Å². The van der Waals surface area contributed by atoms with Gasteiger partial charge in [-0.3, -0.25) is 0 Å². The maximum absolute atomic E-state index is 8.90. The van der Waals surface area contributed by atoms with Crippen molar-refractivity contribution in [3.8, 4) is 6.07 Å². The lowest BCUT2D eigenvalue weighted by molar-refractivity contribution is 0.549. The summed E-state index contributed by atoms with van der Waals surface area (Å²) >= 11 is 0. The Kier molecular flexibility index (Phi) is 11.6. The molecule has 1 rings (SSSR count). The van der Waals surface area contributed by atoms with Gasteiger partial charge in [0.1, 0.15) is 0 Å². The van der Waals surface area contributed by atoms with Gasteiger partial charge in [0.25, 0.3) is 0 Å². The highest BCUT2D eigenvalue weighted by Crippen LogP contribution is 2.05. The van der Waals surface area contributed by atoms with Crippen LogP contribution in [0.4, 0.5) is 0 Å². The number of halogens is 1. The Morgan fingerprint density at radius 1 is 1.32 bits per heavy atom. The Morgan fingerprint density at radius 3 is 2.73 bits per heavy atom. The molecule has 22 heavy (non-hydrogen) atoms. The van der Waals surface area contributed by atoms with Gasteiger partial charge in [-0.25, -0.2) is 4.99 Å². The van der Waals surface area contributed by atoms with E-state index in [1.165, 1.54) is 6.42 Å². The fourth-order valence-electron chi connectivity index (χ4n) is 1.97. The second-order valence-electron chi connectivity index (χ2n) is 5.47. The van der Waals surface area contributed by atoms with E-state index in [0.29, 0.717) is 12.1 Å². The minimum absolute atomic E-state index is 0. The largest absolute Gasteiger partial charge is 0.357 e. The number of aliphatic imine (C=N–C) groups is 1. The van der Waals surface area contributed by atoms with Crippen molar-refractivity contribution in [3.63, 3.8) is 0 Å². The molecule has 122 valence electrons. The summed E-state index contributed by atoms with van der Waals surface area (Å²) in [4.78, 5) is 4.56. The Hall–Kier alpha value is -1.29. The van der Waals surface area contributed by atoms with Crippen LogP contribution in [0.5, 0.6) is 0 Å². The predicted molar refractivity (Wildman–Crippen MR) is 103 cm³/mol. The molecule has 0 radical (unpaired) electrons. The zero-order valence-corrected chi connectivity index (χ0v) is 16.1. The van der Waals surface area contributed by atoms with Gasteiger partial charge in [-0.05, 0) is 43.4 Å². The van der Waals surface area contributed by atoms with E-state index in [9.17, 15) is 0 Å². The Bertz CT molecular complexity index is 492. The predicted octanol–water partition coefficient (Wildman–Crippen LogP) is 3.67. The van der Waals surface area contributed by atoms with Gasteiger partial charge in [0.05, 0.1) is 18.2 Å². The molecule has 5 heteroatoms. The highest BCUT2D eigenvalue weighted by molar-refractivity contribution is 14.0. The molecule has 0 fully saturated rings. The van der Waals surface area contributed by atoms with Crippen molar-refractivity contribution in [1.82, 2.24) is 10.6 Å². The average molecular weight is 414 g/mol. The Labute approximate surface area is 151 Å². The van der Waals surface area contributed by atoms with Gasteiger partial charge >= 0.3 is 0 Å². The summed E-state index contributed by atoms with van der Waals surface area (Å²) in [7, 11) is 0. The maximum Gasteiger partial charge on any atom is 0.191 e. The van der Waals surface area contributed by atoms with E-state index in [1.54, 1.807) is 0 Å². The van der Waals surface area contributed by atoms with Crippen LogP contribution in [0, 0.1) is 17.2 Å². The summed E-state index contributed by atoms with van der Waals surface area (Å²) in [5, 5.41) is 15.5. The summed E-state index contributed by atoms with van der Waals surface area (Å²) in [5.74, 6) is 1.57. The molecule has 0 aliphatic rings. The van der Waals surface area contributed by atoms with Crippen molar-refractivity contribution in [1.29, 1.82) is 5.26 Å². The molecule has 0 amide bonds. The van der Waals surface area contributed by atoms with E-state index in [1.807, 2.05) is 24.3 Å². The van der Waals surface area contributed by atoms with E-state index in [0.717, 1.165) is 37.0 Å². The van der Waals surface area contributed by atoms with Crippen LogP contribution in [0.3, 0.4) is 0 Å². The number of nitrogens with one attached hydrogen (secondary N) is 2. The number of nitrogens with zero attached hydrogens (tertiary/aromatic N) is 2. The third kappa shape index (κ3) is 8.88. The van der Waals surface area contributed by atoms with E-state index in [2.05, 4.69) is 42.5 Å². The lowest BCUT2D eigenvalue weighted by atomic mass is 10.1. The van der Waals surface area contributed by atoms with Crippen molar-refractivity contribution in [2.75, 3.05) is 13.1 Å². The van der Waals surface area contributed by atoms with Crippen LogP contribution in [0.1, 0.15) is 44.7 Å². The standard InChI is InChI=1S/C17H26N4.HI/c1-4-19-17(20-10-6-7-14(2)3)21-13-16-9-5-8-15(11-16)12-18;/h5,8-9,11,14H,4,6-7,10,13H2,1-3H3,(H2,19,20,21);1H. The van der Waals surface area contributed by atoms with Crippen molar-refractivity contribution >= 4 is 29.9 Å². The van der Waals surface area contributed by atoms with E-state index in [4.69, 9.17) is 5.26 Å². The molecule has 0 atom stereocenters. The monoisotopic (exact) mass is 414 g/mol. The number of guanidine groups is 1. The molecule has 0 spiro atoms. The summed E-state index contributed by atoms with van der Waals surface area (Å²) < 4.78 is 0.